The van der Waals surface area contributed by atoms with Crippen molar-refractivity contribution >= 4 is 11.6 Å². The number of carbonyl (C=O) groups is 1. The monoisotopic (exact) mass is 445 g/mol. The van der Waals surface area contributed by atoms with Crippen LogP contribution in [0.4, 0.5) is 18.9 Å². The summed E-state index contributed by atoms with van der Waals surface area (Å²) >= 11 is 0. The van der Waals surface area contributed by atoms with E-state index in [0.717, 1.165) is 6.07 Å². The summed E-state index contributed by atoms with van der Waals surface area (Å²) < 4.78 is 54.7. The second kappa shape index (κ2) is 7.03. The Balaban J connectivity index is 1.62. The van der Waals surface area contributed by atoms with Gasteiger partial charge in [0.2, 0.25) is 18.5 Å². The summed E-state index contributed by atoms with van der Waals surface area (Å²) in [5.41, 5.74) is 0.858. The number of nitrogens with zero attached hydrogens (tertiary/aromatic N) is 1. The lowest BCUT2D eigenvalue weighted by atomic mass is 9.74. The number of ether oxygens (including phenoxy) is 2. The van der Waals surface area contributed by atoms with Crippen LogP contribution >= 0.6 is 0 Å². The predicted molar refractivity (Wildman–Crippen MR) is 107 cm³/mol. The van der Waals surface area contributed by atoms with E-state index in [1.165, 1.54) is 11.0 Å². The minimum atomic E-state index is -4.62. The third-order valence-corrected chi connectivity index (χ3v) is 5.94. The van der Waals surface area contributed by atoms with Gasteiger partial charge in [0.05, 0.1) is 13.2 Å². The second-order valence-corrected chi connectivity index (χ2v) is 7.76. The topological polar surface area (TPSA) is 72.1 Å². The van der Waals surface area contributed by atoms with Gasteiger partial charge in [0.15, 0.2) is 11.5 Å². The molecule has 5 rings (SSSR count). The van der Waals surface area contributed by atoms with E-state index < -0.39 is 29.9 Å². The predicted octanol–water partition coefficient (Wildman–Crippen LogP) is 4.16. The quantitative estimate of drug-likeness (QED) is 0.653. The molecular weight excluding hydrogens is 427 g/mol. The third-order valence-electron chi connectivity index (χ3n) is 5.94. The molecule has 0 fully saturated rings. The van der Waals surface area contributed by atoms with Crippen LogP contribution in [0.15, 0.2) is 52.9 Å². The fourth-order valence-electron chi connectivity index (χ4n) is 4.45. The van der Waals surface area contributed by atoms with Gasteiger partial charge in [0.1, 0.15) is 11.2 Å². The van der Waals surface area contributed by atoms with Gasteiger partial charge in [-0.15, -0.1) is 0 Å². The average Bonchev–Trinajstić information content (AvgIpc) is 3.46. The molecule has 0 radical (unpaired) electrons. The van der Waals surface area contributed by atoms with Crippen molar-refractivity contribution in [3.63, 3.8) is 0 Å². The number of hydrogen-bond donors (Lipinski definition) is 1. The van der Waals surface area contributed by atoms with Crippen molar-refractivity contribution in [3.8, 4) is 11.5 Å². The number of aliphatic hydroxyl groups is 1. The summed E-state index contributed by atoms with van der Waals surface area (Å²) in [6.07, 6.45) is -4.62. The maximum Gasteiger partial charge on any atom is 0.449 e. The minimum Gasteiger partial charge on any atom is -0.455 e. The van der Waals surface area contributed by atoms with Crippen LogP contribution in [-0.2, 0) is 22.9 Å². The number of halogens is 3. The second-order valence-electron chi connectivity index (χ2n) is 7.76. The molecule has 2 aliphatic heterocycles. The molecule has 9 heteroatoms. The first-order valence-electron chi connectivity index (χ1n) is 9.84. The van der Waals surface area contributed by atoms with Gasteiger partial charge in [-0.25, -0.2) is 0 Å². The molecule has 2 aliphatic rings. The van der Waals surface area contributed by atoms with Gasteiger partial charge in [0.25, 0.3) is 0 Å². The lowest BCUT2D eigenvalue weighted by Gasteiger charge is -2.29. The molecule has 2 aromatic carbocycles. The van der Waals surface area contributed by atoms with E-state index in [2.05, 4.69) is 0 Å². The number of carbonyl (C=O) groups excluding carboxylic acids is 1. The molecule has 32 heavy (non-hydrogen) atoms. The normalized spacial score (nSPS) is 19.5. The van der Waals surface area contributed by atoms with Crippen molar-refractivity contribution in [2.24, 2.45) is 0 Å². The van der Waals surface area contributed by atoms with Gasteiger partial charge in [-0.2, -0.15) is 13.2 Å². The number of amides is 1. The van der Waals surface area contributed by atoms with Crippen LogP contribution in [-0.4, -0.2) is 24.4 Å². The van der Waals surface area contributed by atoms with Crippen LogP contribution in [0.3, 0.4) is 0 Å². The Bertz CT molecular complexity index is 1220. The van der Waals surface area contributed by atoms with Crippen molar-refractivity contribution in [3.05, 3.63) is 76.7 Å². The van der Waals surface area contributed by atoms with Crippen LogP contribution in [0.2, 0.25) is 0 Å². The molecule has 3 aromatic rings. The first-order chi connectivity index (χ1) is 15.3. The van der Waals surface area contributed by atoms with Crippen molar-refractivity contribution in [1.29, 1.82) is 0 Å². The molecule has 0 spiro atoms. The summed E-state index contributed by atoms with van der Waals surface area (Å²) in [4.78, 5) is 15.1. The highest BCUT2D eigenvalue weighted by atomic mass is 19.4. The van der Waals surface area contributed by atoms with E-state index in [-0.39, 0.29) is 19.1 Å². The molecule has 1 aromatic heterocycles. The number of para-hydroxylation sites is 1. The van der Waals surface area contributed by atoms with Gasteiger partial charge in [-0.3, -0.25) is 4.79 Å². The molecule has 1 amide bonds. The molecule has 166 valence electrons. The standard InChI is InChI=1S/C23H18F3NO5/c1-13-8-18-19(31-12-30-18)9-16(13)22(11-28)15-4-2-3-5-17(15)27(21(22)29)10-14-6-7-20(32-14)23(24,25)26/h2-9,28H,10-12H2,1H3. The number of benzene rings is 2. The Labute approximate surface area is 180 Å². The van der Waals surface area contributed by atoms with Crippen LogP contribution < -0.4 is 14.4 Å². The zero-order valence-corrected chi connectivity index (χ0v) is 16.9. The summed E-state index contributed by atoms with van der Waals surface area (Å²) in [5.74, 6) is -0.606. The molecule has 1 unspecified atom stereocenters. The van der Waals surface area contributed by atoms with Gasteiger partial charge < -0.3 is 23.9 Å². The fraction of sp³-hybridized carbons (Fsp3) is 0.261. The smallest absolute Gasteiger partial charge is 0.449 e. The van der Waals surface area contributed by atoms with Gasteiger partial charge in [0, 0.05) is 5.69 Å². The molecule has 0 bridgehead atoms. The number of aryl methyl sites for hydroxylation is 1. The number of hydrogen-bond acceptors (Lipinski definition) is 5. The number of rotatable bonds is 4. The van der Waals surface area contributed by atoms with E-state index in [9.17, 15) is 23.1 Å². The van der Waals surface area contributed by atoms with Crippen molar-refractivity contribution in [2.75, 3.05) is 18.3 Å². The van der Waals surface area contributed by atoms with E-state index >= 15 is 0 Å². The Morgan fingerprint density at radius 2 is 1.78 bits per heavy atom. The molecule has 0 saturated heterocycles. The highest BCUT2D eigenvalue weighted by Gasteiger charge is 2.53. The zero-order chi connectivity index (χ0) is 22.7. The maximum absolute atomic E-state index is 13.8. The van der Waals surface area contributed by atoms with E-state index in [0.29, 0.717) is 33.9 Å². The van der Waals surface area contributed by atoms with Gasteiger partial charge in [-0.1, -0.05) is 18.2 Å². The summed E-state index contributed by atoms with van der Waals surface area (Å²) in [7, 11) is 0. The van der Waals surface area contributed by atoms with Crippen LogP contribution in [0.5, 0.6) is 11.5 Å². The minimum absolute atomic E-state index is 0.0170. The molecule has 1 atom stereocenters. The summed E-state index contributed by atoms with van der Waals surface area (Å²) in [6.45, 7) is 1.11. The van der Waals surface area contributed by atoms with E-state index in [1.807, 2.05) is 0 Å². The highest BCUT2D eigenvalue weighted by Crippen LogP contribution is 2.49. The molecule has 0 aliphatic carbocycles. The van der Waals surface area contributed by atoms with E-state index in [1.54, 1.807) is 43.3 Å². The largest absolute Gasteiger partial charge is 0.455 e. The summed E-state index contributed by atoms with van der Waals surface area (Å²) in [6, 6.07) is 12.4. The SMILES string of the molecule is Cc1cc2c(cc1C1(CO)C(=O)N(Cc3ccc(C(F)(F)F)o3)c3ccccc31)OCO2. The highest BCUT2D eigenvalue weighted by molar-refractivity contribution is 6.10. The Kier molecular flexibility index (Phi) is 4.49. The van der Waals surface area contributed by atoms with Crippen LogP contribution in [0, 0.1) is 6.92 Å². The molecular formula is C23H18F3NO5. The number of alkyl halides is 3. The number of fused-ring (bicyclic) bond motifs is 2. The first-order valence-corrected chi connectivity index (χ1v) is 9.84. The Morgan fingerprint density at radius 1 is 1.06 bits per heavy atom. The van der Waals surface area contributed by atoms with Crippen LogP contribution in [0.25, 0.3) is 0 Å². The number of furan rings is 1. The maximum atomic E-state index is 13.8. The lowest BCUT2D eigenvalue weighted by molar-refractivity contribution is -0.153. The zero-order valence-electron chi connectivity index (χ0n) is 16.9. The average molecular weight is 445 g/mol. The van der Waals surface area contributed by atoms with Crippen molar-refractivity contribution in [2.45, 2.75) is 25.1 Å². The molecule has 0 saturated carbocycles. The third kappa shape index (κ3) is 2.88. The molecule has 6 nitrogen and oxygen atoms in total. The Hall–Kier alpha value is -3.46. The van der Waals surface area contributed by atoms with Gasteiger partial charge >= 0.3 is 6.18 Å². The van der Waals surface area contributed by atoms with Gasteiger partial charge in [-0.05, 0) is 53.9 Å². The number of aliphatic hydroxyl groups excluding tert-OH is 1. The first kappa shape index (κ1) is 20.4. The fourth-order valence-corrected chi connectivity index (χ4v) is 4.45. The van der Waals surface area contributed by atoms with Crippen molar-refractivity contribution in [1.82, 2.24) is 0 Å². The lowest BCUT2D eigenvalue weighted by Crippen LogP contribution is -2.44. The van der Waals surface area contributed by atoms with Crippen molar-refractivity contribution < 1.29 is 37.0 Å². The number of anilines is 1. The van der Waals surface area contributed by atoms with E-state index in [4.69, 9.17) is 13.9 Å². The van der Waals surface area contributed by atoms with Crippen LogP contribution in [0.1, 0.15) is 28.2 Å². The molecule has 1 N–H and O–H groups in total. The summed E-state index contributed by atoms with van der Waals surface area (Å²) in [5, 5.41) is 10.6. The Morgan fingerprint density at radius 3 is 2.47 bits per heavy atom. The molecule has 3 heterocycles.